The summed E-state index contributed by atoms with van der Waals surface area (Å²) in [5.41, 5.74) is -0.761. The Balaban J connectivity index is 2.16. The fourth-order valence-corrected chi connectivity index (χ4v) is 2.79. The van der Waals surface area contributed by atoms with Crippen molar-refractivity contribution in [2.24, 2.45) is 5.92 Å². The molecule has 1 amide bonds. The van der Waals surface area contributed by atoms with E-state index in [0.29, 0.717) is 0 Å². The van der Waals surface area contributed by atoms with Crippen molar-refractivity contribution in [1.29, 1.82) is 0 Å². The topological polar surface area (TPSA) is 66.5 Å². The van der Waals surface area contributed by atoms with Crippen molar-refractivity contribution >= 4 is 16.1 Å². The number of benzene rings is 1. The maximum Gasteiger partial charge on any atom is 0.416 e. The van der Waals surface area contributed by atoms with Gasteiger partial charge in [-0.15, -0.1) is 0 Å². The highest BCUT2D eigenvalue weighted by atomic mass is 32.2. The fraction of sp³-hybridized carbons (Fsp3) is 0.462. The summed E-state index contributed by atoms with van der Waals surface area (Å²) in [5.74, 6) is -2.16. The molecule has 2 rings (SSSR count). The lowest BCUT2D eigenvalue weighted by Crippen LogP contribution is -2.40. The maximum atomic E-state index is 12.9. The van der Waals surface area contributed by atoms with Gasteiger partial charge < -0.3 is 0 Å². The van der Waals surface area contributed by atoms with Crippen LogP contribution < -0.4 is 4.72 Å². The molecular formula is C13H15F3N2O3S. The zero-order chi connectivity index (χ0) is 16.7. The first-order valence-corrected chi connectivity index (χ1v) is 7.88. The lowest BCUT2D eigenvalue weighted by Gasteiger charge is -2.14. The molecule has 5 nitrogen and oxygen atoms in total. The van der Waals surface area contributed by atoms with Gasteiger partial charge in [0.1, 0.15) is 0 Å². The lowest BCUT2D eigenvalue weighted by atomic mass is 10.0. The summed E-state index contributed by atoms with van der Waals surface area (Å²) >= 11 is 0. The van der Waals surface area contributed by atoms with E-state index in [1.807, 2.05) is 4.72 Å². The van der Waals surface area contributed by atoms with E-state index in [1.54, 1.807) is 0 Å². The molecule has 9 heteroatoms. The van der Waals surface area contributed by atoms with Crippen molar-refractivity contribution < 1.29 is 26.4 Å². The van der Waals surface area contributed by atoms with Crippen LogP contribution in [0.2, 0.25) is 0 Å². The zero-order valence-corrected chi connectivity index (χ0v) is 12.7. The fourth-order valence-electron chi connectivity index (χ4n) is 2.20. The van der Waals surface area contributed by atoms with Gasteiger partial charge in [-0.05, 0) is 24.0 Å². The van der Waals surface area contributed by atoms with E-state index in [1.165, 1.54) is 32.3 Å². The molecule has 1 N–H and O–H groups in total. The lowest BCUT2D eigenvalue weighted by molar-refractivity contribution is -0.138. The Bertz CT molecular complexity index is 686. The molecule has 0 unspecified atom stereocenters. The van der Waals surface area contributed by atoms with Crippen molar-refractivity contribution in [3.05, 3.63) is 35.4 Å². The number of rotatable bonds is 4. The largest absolute Gasteiger partial charge is 0.416 e. The summed E-state index contributed by atoms with van der Waals surface area (Å²) in [7, 11) is -1.44. The molecule has 0 heterocycles. The average molecular weight is 336 g/mol. The first-order valence-electron chi connectivity index (χ1n) is 6.44. The Morgan fingerprint density at radius 1 is 1.27 bits per heavy atom. The van der Waals surface area contributed by atoms with Gasteiger partial charge in [0.05, 0.1) is 5.56 Å². The van der Waals surface area contributed by atoms with Crippen molar-refractivity contribution in [2.45, 2.75) is 18.5 Å². The van der Waals surface area contributed by atoms with E-state index in [0.717, 1.165) is 10.4 Å². The summed E-state index contributed by atoms with van der Waals surface area (Å²) < 4.78 is 64.6. The zero-order valence-electron chi connectivity index (χ0n) is 11.9. The minimum atomic E-state index is -4.50. The third-order valence-corrected chi connectivity index (χ3v) is 4.92. The highest BCUT2D eigenvalue weighted by Crippen LogP contribution is 2.51. The molecule has 0 aromatic heterocycles. The Labute approximate surface area is 126 Å². The number of alkyl halides is 3. The van der Waals surface area contributed by atoms with Crippen LogP contribution in [0.4, 0.5) is 13.2 Å². The van der Waals surface area contributed by atoms with Crippen molar-refractivity contribution in [1.82, 2.24) is 9.03 Å². The minimum absolute atomic E-state index is 0.0254. The molecule has 1 fully saturated rings. The first-order chi connectivity index (χ1) is 10.0. The molecule has 0 aliphatic heterocycles. The second-order valence-corrected chi connectivity index (χ2v) is 7.17. The molecule has 1 aromatic rings. The van der Waals surface area contributed by atoms with Gasteiger partial charge in [-0.3, -0.25) is 4.79 Å². The third kappa shape index (κ3) is 3.41. The number of amides is 1. The van der Waals surface area contributed by atoms with Gasteiger partial charge in [-0.1, -0.05) is 18.2 Å². The smallest absolute Gasteiger partial charge is 0.274 e. The molecule has 1 aliphatic rings. The van der Waals surface area contributed by atoms with Gasteiger partial charge in [0, 0.05) is 20.0 Å². The van der Waals surface area contributed by atoms with Crippen LogP contribution in [0.1, 0.15) is 23.5 Å². The summed E-state index contributed by atoms with van der Waals surface area (Å²) in [6, 6.07) is 5.02. The summed E-state index contributed by atoms with van der Waals surface area (Å²) in [6.07, 6.45) is -4.31. The van der Waals surface area contributed by atoms with Crippen LogP contribution in [0.25, 0.3) is 0 Å². The van der Waals surface area contributed by atoms with Gasteiger partial charge in [0.15, 0.2) is 0 Å². The molecule has 0 bridgehead atoms. The predicted molar refractivity (Wildman–Crippen MR) is 73.0 cm³/mol. The van der Waals surface area contributed by atoms with Crippen LogP contribution in [0, 0.1) is 5.92 Å². The second kappa shape index (κ2) is 5.54. The third-order valence-electron chi connectivity index (χ3n) is 3.50. The van der Waals surface area contributed by atoms with Crippen molar-refractivity contribution in [3.63, 3.8) is 0 Å². The highest BCUT2D eigenvalue weighted by Gasteiger charge is 2.48. The molecule has 2 atom stereocenters. The second-order valence-electron chi connectivity index (χ2n) is 5.29. The number of hydrogen-bond donors (Lipinski definition) is 1. The monoisotopic (exact) mass is 336 g/mol. The first kappa shape index (κ1) is 16.8. The van der Waals surface area contributed by atoms with Gasteiger partial charge in [-0.25, -0.2) is 4.72 Å². The summed E-state index contributed by atoms with van der Waals surface area (Å²) in [4.78, 5) is 11.9. The maximum absolute atomic E-state index is 12.9. The van der Waals surface area contributed by atoms with E-state index >= 15 is 0 Å². The van der Waals surface area contributed by atoms with E-state index in [4.69, 9.17) is 0 Å². The molecule has 1 aliphatic carbocycles. The molecule has 0 radical (unpaired) electrons. The Morgan fingerprint density at radius 3 is 2.41 bits per heavy atom. The SMILES string of the molecule is CN(C)S(=O)(=O)NC(=O)[C@@H]1C[C@@H]1c1ccccc1C(F)(F)F. The van der Waals surface area contributed by atoms with Crippen molar-refractivity contribution in [2.75, 3.05) is 14.1 Å². The number of carbonyl (C=O) groups excluding carboxylic acids is 1. The quantitative estimate of drug-likeness (QED) is 0.911. The van der Waals surface area contributed by atoms with Crippen LogP contribution in [-0.4, -0.2) is 32.7 Å². The van der Waals surface area contributed by atoms with E-state index in [-0.39, 0.29) is 12.0 Å². The number of halogens is 3. The van der Waals surface area contributed by atoms with Gasteiger partial charge in [0.25, 0.3) is 0 Å². The van der Waals surface area contributed by atoms with E-state index < -0.39 is 39.7 Å². The predicted octanol–water partition coefficient (Wildman–Crippen LogP) is 1.73. The average Bonchev–Trinajstić information content (AvgIpc) is 3.17. The van der Waals surface area contributed by atoms with Crippen LogP contribution in [0.3, 0.4) is 0 Å². The van der Waals surface area contributed by atoms with Gasteiger partial charge >= 0.3 is 16.4 Å². The molecule has 0 spiro atoms. The van der Waals surface area contributed by atoms with Gasteiger partial charge in [0.2, 0.25) is 5.91 Å². The Morgan fingerprint density at radius 2 is 1.86 bits per heavy atom. The van der Waals surface area contributed by atoms with Crippen molar-refractivity contribution in [3.8, 4) is 0 Å². The minimum Gasteiger partial charge on any atom is -0.274 e. The van der Waals surface area contributed by atoms with Crippen LogP contribution in [0.15, 0.2) is 24.3 Å². The molecule has 1 aromatic carbocycles. The molecule has 0 saturated heterocycles. The summed E-state index contributed by atoms with van der Waals surface area (Å²) in [6.45, 7) is 0. The van der Waals surface area contributed by atoms with Gasteiger partial charge in [-0.2, -0.15) is 25.9 Å². The van der Waals surface area contributed by atoms with E-state index in [2.05, 4.69) is 0 Å². The van der Waals surface area contributed by atoms with Crippen LogP contribution >= 0.6 is 0 Å². The van der Waals surface area contributed by atoms with Crippen LogP contribution in [0.5, 0.6) is 0 Å². The number of hydrogen-bond acceptors (Lipinski definition) is 3. The normalized spacial score (nSPS) is 21.7. The molecular weight excluding hydrogens is 321 g/mol. The number of nitrogens with one attached hydrogen (secondary N) is 1. The summed E-state index contributed by atoms with van der Waals surface area (Å²) in [5, 5.41) is 0. The van der Waals surface area contributed by atoms with Crippen LogP contribution in [-0.2, 0) is 21.2 Å². The Kier molecular flexibility index (Phi) is 4.22. The van der Waals surface area contributed by atoms with E-state index in [9.17, 15) is 26.4 Å². The standard InChI is InChI=1S/C13H15F3N2O3S/c1-18(2)22(20,21)17-12(19)10-7-9(10)8-5-3-4-6-11(8)13(14,15)16/h3-6,9-10H,7H2,1-2H3,(H,17,19)/t9-,10-/m1/s1. The number of carbonyl (C=O) groups is 1. The Hall–Kier alpha value is -1.61. The highest BCUT2D eigenvalue weighted by molar-refractivity contribution is 7.87. The molecule has 1 saturated carbocycles. The molecule has 122 valence electrons. The number of nitrogens with zero attached hydrogens (tertiary/aromatic N) is 1. The molecule has 22 heavy (non-hydrogen) atoms.